The molecule has 0 radical (unpaired) electrons. The molecule has 396 valence electrons. The lowest BCUT2D eigenvalue weighted by Crippen LogP contribution is -2.53. The second kappa shape index (κ2) is 20.3. The van der Waals surface area contributed by atoms with Crippen molar-refractivity contribution in [1.82, 2.24) is 19.8 Å². The van der Waals surface area contributed by atoms with Crippen LogP contribution in [0, 0.1) is 10.8 Å². The van der Waals surface area contributed by atoms with Crippen molar-refractivity contribution in [1.29, 1.82) is 0 Å². The van der Waals surface area contributed by atoms with Crippen molar-refractivity contribution in [3.63, 3.8) is 0 Å². The average Bonchev–Trinajstić information content (AvgIpc) is 3.99. The molecule has 14 nitrogen and oxygen atoms in total. The highest BCUT2D eigenvalue weighted by atomic mass is 79.9. The second-order valence-corrected chi connectivity index (χ2v) is 21.6. The lowest BCUT2D eigenvalue weighted by atomic mass is 9.61. The molecule has 22 heteroatoms. The van der Waals surface area contributed by atoms with Crippen LogP contribution >= 0.6 is 15.9 Å². The van der Waals surface area contributed by atoms with Gasteiger partial charge < -0.3 is 31.0 Å². The molecule has 2 aliphatic heterocycles. The van der Waals surface area contributed by atoms with Crippen LogP contribution < -0.4 is 16.9 Å². The fourth-order valence-electron chi connectivity index (χ4n) is 12.3. The number of nitrogens with two attached hydrogens (primary N) is 2. The van der Waals surface area contributed by atoms with Crippen LogP contribution in [0.2, 0.25) is 0 Å². The molecule has 2 aromatic carbocycles. The molecule has 4 spiro atoms. The van der Waals surface area contributed by atoms with Crippen LogP contribution in [-0.2, 0) is 55.3 Å². The molecule has 74 heavy (non-hydrogen) atoms. The zero-order valence-corrected chi connectivity index (χ0v) is 43.5. The number of guanidine groups is 2. The summed E-state index contributed by atoms with van der Waals surface area (Å²) in [5.74, 6) is 0.431. The Kier molecular flexibility index (Phi) is 15.0. The Hall–Kier alpha value is -5.42. The van der Waals surface area contributed by atoms with Crippen LogP contribution in [0.3, 0.4) is 0 Å². The summed E-state index contributed by atoms with van der Waals surface area (Å²) < 4.78 is 88.2. The number of aliphatic imine (C=N–C) groups is 2. The van der Waals surface area contributed by atoms with E-state index >= 15 is 0 Å². The number of carbonyl (C=O) groups excluding carboxylic acids is 2. The van der Waals surface area contributed by atoms with E-state index in [1.54, 1.807) is 30.1 Å². The van der Waals surface area contributed by atoms with Gasteiger partial charge in [-0.05, 0) is 150 Å². The molecule has 4 heterocycles. The molecule has 0 saturated heterocycles. The van der Waals surface area contributed by atoms with Gasteiger partial charge in [-0.15, -0.1) is 0 Å². The predicted molar refractivity (Wildman–Crippen MR) is 269 cm³/mol. The molecule has 4 aromatic rings. The number of halogens is 7. The van der Waals surface area contributed by atoms with Crippen molar-refractivity contribution in [3.8, 4) is 11.1 Å². The topological polar surface area (TPSA) is 202 Å². The molecule has 2 fully saturated rings. The van der Waals surface area contributed by atoms with E-state index in [4.69, 9.17) is 41.0 Å². The summed E-state index contributed by atoms with van der Waals surface area (Å²) in [6, 6.07) is 13.4. The molecule has 2 saturated carbocycles. The van der Waals surface area contributed by atoms with Crippen LogP contribution in [0.15, 0.2) is 87.8 Å². The van der Waals surface area contributed by atoms with Crippen molar-refractivity contribution in [2.24, 2.45) is 32.3 Å². The fourth-order valence-corrected chi connectivity index (χ4v) is 12.7. The van der Waals surface area contributed by atoms with E-state index in [-0.39, 0.29) is 52.9 Å². The highest BCUT2D eigenvalue weighted by Crippen LogP contribution is 2.64. The van der Waals surface area contributed by atoms with Gasteiger partial charge in [-0.3, -0.25) is 29.4 Å². The largest absolute Gasteiger partial charge is 0.490 e. The number of ether oxygens (including phenoxy) is 2. The van der Waals surface area contributed by atoms with E-state index in [1.165, 1.54) is 11.8 Å². The fraction of sp³-hybridized carbons (Fsp3) is 0.500. The Morgan fingerprint density at radius 3 is 1.50 bits per heavy atom. The summed E-state index contributed by atoms with van der Waals surface area (Å²) >= 11 is 3.58. The third-order valence-corrected chi connectivity index (χ3v) is 16.4. The van der Waals surface area contributed by atoms with Crippen molar-refractivity contribution in [3.05, 3.63) is 111 Å². The minimum Gasteiger partial charge on any atom is -0.423 e. The molecule has 2 unspecified atom stereocenters. The molecule has 0 bridgehead atoms. The average molecular weight is 1100 g/mol. The molecule has 6 aliphatic rings. The number of carbonyl (C=O) groups is 2. The Morgan fingerprint density at radius 1 is 0.649 bits per heavy atom. The van der Waals surface area contributed by atoms with E-state index in [0.29, 0.717) is 35.8 Å². The molecular weight excluding hydrogens is 1040 g/mol. The third-order valence-electron chi connectivity index (χ3n) is 15.9. The maximum absolute atomic E-state index is 14.1. The SMILES string of the molecule is COC1CCC2(CC1)Cc1ccc(-c3cncc(C(F)(F)F)c3)cc1C21N=C(N)N(C(C)C)C1=O.COC1CCC2(CC1)Cc1ccc(Br)cc1C21N=C(N)N(C(C)C)C1=O.OB(O)c1cncc(C(F)(F)F)c1. The predicted octanol–water partition coefficient (Wildman–Crippen LogP) is 7.78. The minimum absolute atomic E-state index is 0.00538. The number of methoxy groups -OCH3 is 2. The second-order valence-electron chi connectivity index (χ2n) is 20.7. The Bertz CT molecular complexity index is 2850. The number of alkyl halides is 6. The van der Waals surface area contributed by atoms with Gasteiger partial charge in [0.25, 0.3) is 11.8 Å². The summed E-state index contributed by atoms with van der Waals surface area (Å²) in [5.41, 5.74) is 12.6. The van der Waals surface area contributed by atoms with Crippen molar-refractivity contribution >= 4 is 52.2 Å². The third kappa shape index (κ3) is 9.40. The monoisotopic (exact) mass is 1100 g/mol. The number of aromatic nitrogens is 2. The van der Waals surface area contributed by atoms with E-state index in [9.17, 15) is 35.9 Å². The van der Waals surface area contributed by atoms with Gasteiger partial charge in [0.05, 0.1) is 23.3 Å². The lowest BCUT2D eigenvalue weighted by Gasteiger charge is -2.45. The normalized spacial score (nSPS) is 27.1. The Morgan fingerprint density at radius 2 is 1.08 bits per heavy atom. The summed E-state index contributed by atoms with van der Waals surface area (Å²) in [7, 11) is 1.54. The van der Waals surface area contributed by atoms with Crippen molar-refractivity contribution in [2.45, 2.75) is 140 Å². The first-order valence-corrected chi connectivity index (χ1v) is 25.3. The maximum Gasteiger partial charge on any atom is 0.490 e. The van der Waals surface area contributed by atoms with Gasteiger partial charge in [0.2, 0.25) is 0 Å². The van der Waals surface area contributed by atoms with Crippen LogP contribution in [-0.4, -0.2) is 99.2 Å². The number of benzene rings is 2. The van der Waals surface area contributed by atoms with Gasteiger partial charge in [0, 0.05) is 77.4 Å². The van der Waals surface area contributed by atoms with E-state index in [1.807, 2.05) is 39.8 Å². The number of rotatable bonds is 6. The molecule has 2 amide bonds. The zero-order chi connectivity index (χ0) is 53.9. The molecule has 6 N–H and O–H groups in total. The molecule has 2 aromatic heterocycles. The quantitative estimate of drug-likeness (QED) is 0.109. The van der Waals surface area contributed by atoms with E-state index in [0.717, 1.165) is 97.4 Å². The maximum atomic E-state index is 14.1. The van der Waals surface area contributed by atoms with E-state index < -0.39 is 47.1 Å². The van der Waals surface area contributed by atoms with Crippen LogP contribution in [0.5, 0.6) is 0 Å². The number of pyridine rings is 2. The Labute approximate surface area is 434 Å². The van der Waals surface area contributed by atoms with E-state index in [2.05, 4.69) is 44.1 Å². The van der Waals surface area contributed by atoms with Gasteiger partial charge in [-0.25, -0.2) is 9.98 Å². The lowest BCUT2D eigenvalue weighted by molar-refractivity contribution is -0.140. The number of fused-ring (bicyclic) bond motifs is 6. The van der Waals surface area contributed by atoms with Gasteiger partial charge in [-0.2, -0.15) is 26.3 Å². The van der Waals surface area contributed by atoms with Crippen molar-refractivity contribution < 1.29 is 55.5 Å². The number of hydrogen-bond acceptors (Lipinski definition) is 12. The minimum atomic E-state index is -4.52. The standard InChI is InChI=1S/C26H29F3N4O2.C20H26BrN3O2.C6H5BF3NO2/c1-15(2)33-22(34)25(32-23(33)30)21-11-16(18-10-19(14-31-13-18)26(27,28)29)4-5-17(21)12-24(25)8-6-20(35-3)7-9-24;1-12(2)24-17(25)20(23-18(24)22)16-10-14(21)5-4-13(16)11-19(20)8-6-15(26-3)7-9-19;8-6(9,10)4-1-5(7(12)13)3-11-2-4/h4-5,10-11,13-15,20H,6-9,12H2,1-3H3,(H2,30,32);4-5,10,12,15H,6-9,11H2,1-3H3,(H2,22,23);1-3,12-13H. The van der Waals surface area contributed by atoms with Gasteiger partial charge in [0.15, 0.2) is 23.0 Å². The molecule has 10 rings (SSSR count). The molecule has 4 aliphatic carbocycles. The summed E-state index contributed by atoms with van der Waals surface area (Å²) in [4.78, 5) is 48.0. The zero-order valence-electron chi connectivity index (χ0n) is 41.9. The molecule has 2 atom stereocenters. The smallest absolute Gasteiger partial charge is 0.423 e. The molecular formula is C52H60BBrF6N8O6. The Balaban J connectivity index is 0.000000164. The summed E-state index contributed by atoms with van der Waals surface area (Å²) in [6.45, 7) is 7.78. The van der Waals surface area contributed by atoms with Gasteiger partial charge >= 0.3 is 19.5 Å². The van der Waals surface area contributed by atoms with Crippen LogP contribution in [0.1, 0.15) is 112 Å². The first-order chi connectivity index (χ1) is 34.8. The summed E-state index contributed by atoms with van der Waals surface area (Å²) in [5, 5.41) is 17.1. The number of hydrogen-bond donors (Lipinski definition) is 4. The first-order valence-electron chi connectivity index (χ1n) is 24.5. The highest BCUT2D eigenvalue weighted by Gasteiger charge is 2.68. The highest BCUT2D eigenvalue weighted by molar-refractivity contribution is 9.10. The van der Waals surface area contributed by atoms with Crippen LogP contribution in [0.25, 0.3) is 11.1 Å². The first kappa shape index (κ1) is 54.8. The van der Waals surface area contributed by atoms with Gasteiger partial charge in [0.1, 0.15) is 0 Å². The van der Waals surface area contributed by atoms with Crippen molar-refractivity contribution in [2.75, 3.05) is 14.2 Å². The number of amides is 2. The van der Waals surface area contributed by atoms with Gasteiger partial charge in [-0.1, -0.05) is 34.1 Å². The summed E-state index contributed by atoms with van der Waals surface area (Å²) in [6.07, 6.45) is 3.58. The van der Waals surface area contributed by atoms with Crippen LogP contribution in [0.4, 0.5) is 26.3 Å². The number of nitrogens with zero attached hydrogens (tertiary/aromatic N) is 6.